The zero-order chi connectivity index (χ0) is 11.4. The first-order chi connectivity index (χ1) is 7.83. The Labute approximate surface area is 94.7 Å². The number of imidazole rings is 1. The first-order valence-electron chi connectivity index (χ1n) is 5.39. The lowest BCUT2D eigenvalue weighted by Gasteiger charge is -2.14. The van der Waals surface area contributed by atoms with Gasteiger partial charge in [-0.1, -0.05) is 37.3 Å². The second-order valence-corrected chi connectivity index (χ2v) is 3.66. The number of Topliss-reactive ketones (excluding diaryl/α,β-unsaturated/α-hetero) is 1. The fraction of sp³-hybridized carbons (Fsp3) is 0.231. The topological polar surface area (TPSA) is 34.9 Å². The van der Waals surface area contributed by atoms with Crippen LogP contribution < -0.4 is 0 Å². The van der Waals surface area contributed by atoms with E-state index in [2.05, 4.69) is 4.98 Å². The van der Waals surface area contributed by atoms with E-state index < -0.39 is 0 Å². The van der Waals surface area contributed by atoms with Crippen molar-refractivity contribution >= 4 is 5.78 Å². The molecule has 2 aromatic rings. The van der Waals surface area contributed by atoms with Gasteiger partial charge in [0.2, 0.25) is 0 Å². The Kier molecular flexibility index (Phi) is 3.15. The van der Waals surface area contributed by atoms with Crippen LogP contribution in [0, 0.1) is 0 Å². The van der Waals surface area contributed by atoms with Crippen LogP contribution in [0.3, 0.4) is 0 Å². The van der Waals surface area contributed by atoms with Crippen molar-refractivity contribution in [3.05, 3.63) is 54.6 Å². The molecule has 0 radical (unpaired) electrons. The Morgan fingerprint density at radius 3 is 2.69 bits per heavy atom. The predicted octanol–water partition coefficient (Wildman–Crippen LogP) is 2.72. The molecule has 1 unspecified atom stereocenters. The summed E-state index contributed by atoms with van der Waals surface area (Å²) in [6.45, 7) is 2.01. The molecule has 1 aromatic carbocycles. The van der Waals surface area contributed by atoms with Crippen molar-refractivity contribution in [3.8, 4) is 0 Å². The molecule has 1 aromatic heterocycles. The standard InChI is InChI=1S/C13H14N2O/c1-2-12(15-9-8-14-10-15)13(16)11-6-4-3-5-7-11/h3-10,12H,2H2,1H3. The fourth-order valence-corrected chi connectivity index (χ4v) is 1.78. The minimum absolute atomic E-state index is 0.140. The summed E-state index contributed by atoms with van der Waals surface area (Å²) in [6.07, 6.45) is 5.98. The van der Waals surface area contributed by atoms with Gasteiger partial charge in [-0.25, -0.2) is 4.98 Å². The quantitative estimate of drug-likeness (QED) is 0.733. The van der Waals surface area contributed by atoms with Gasteiger partial charge in [0, 0.05) is 18.0 Å². The van der Waals surface area contributed by atoms with E-state index in [1.54, 1.807) is 12.5 Å². The lowest BCUT2D eigenvalue weighted by Crippen LogP contribution is -2.17. The lowest BCUT2D eigenvalue weighted by molar-refractivity contribution is 0.0922. The third-order valence-corrected chi connectivity index (χ3v) is 2.63. The molecule has 1 heterocycles. The van der Waals surface area contributed by atoms with Crippen molar-refractivity contribution in [1.82, 2.24) is 9.55 Å². The molecule has 0 fully saturated rings. The maximum absolute atomic E-state index is 12.2. The number of rotatable bonds is 4. The van der Waals surface area contributed by atoms with Crippen LogP contribution in [0.5, 0.6) is 0 Å². The Morgan fingerprint density at radius 2 is 2.12 bits per heavy atom. The number of hydrogen-bond donors (Lipinski definition) is 0. The first kappa shape index (κ1) is 10.6. The number of benzene rings is 1. The van der Waals surface area contributed by atoms with Gasteiger partial charge < -0.3 is 4.57 Å². The van der Waals surface area contributed by atoms with Crippen LogP contribution >= 0.6 is 0 Å². The molecule has 3 nitrogen and oxygen atoms in total. The highest BCUT2D eigenvalue weighted by atomic mass is 16.1. The van der Waals surface area contributed by atoms with Gasteiger partial charge in [0.05, 0.1) is 12.4 Å². The van der Waals surface area contributed by atoms with Crippen molar-refractivity contribution in [1.29, 1.82) is 0 Å². The van der Waals surface area contributed by atoms with Crippen LogP contribution in [0.4, 0.5) is 0 Å². The summed E-state index contributed by atoms with van der Waals surface area (Å²) >= 11 is 0. The molecule has 0 saturated carbocycles. The molecule has 0 spiro atoms. The highest BCUT2D eigenvalue weighted by Gasteiger charge is 2.18. The zero-order valence-corrected chi connectivity index (χ0v) is 9.21. The van der Waals surface area contributed by atoms with Crippen molar-refractivity contribution in [2.45, 2.75) is 19.4 Å². The van der Waals surface area contributed by atoms with Crippen LogP contribution in [0.25, 0.3) is 0 Å². The molecule has 0 aliphatic carbocycles. The molecule has 0 aliphatic rings. The van der Waals surface area contributed by atoms with Crippen LogP contribution in [0.15, 0.2) is 49.1 Å². The van der Waals surface area contributed by atoms with E-state index >= 15 is 0 Å². The Morgan fingerprint density at radius 1 is 1.38 bits per heavy atom. The number of carbonyl (C=O) groups is 1. The molecular weight excluding hydrogens is 200 g/mol. The smallest absolute Gasteiger partial charge is 0.185 e. The molecule has 0 bridgehead atoms. The van der Waals surface area contributed by atoms with Gasteiger partial charge >= 0.3 is 0 Å². The molecule has 1 atom stereocenters. The van der Waals surface area contributed by atoms with Crippen LogP contribution in [0.1, 0.15) is 29.7 Å². The molecule has 0 amide bonds. The van der Waals surface area contributed by atoms with Gasteiger partial charge in [-0.3, -0.25) is 4.79 Å². The van der Waals surface area contributed by atoms with Crippen molar-refractivity contribution in [3.63, 3.8) is 0 Å². The Hall–Kier alpha value is -1.90. The highest BCUT2D eigenvalue weighted by Crippen LogP contribution is 2.17. The summed E-state index contributed by atoms with van der Waals surface area (Å²) in [5.74, 6) is 0.140. The maximum Gasteiger partial charge on any atom is 0.185 e. The van der Waals surface area contributed by atoms with E-state index in [1.807, 2.05) is 48.0 Å². The van der Waals surface area contributed by atoms with Crippen LogP contribution in [-0.4, -0.2) is 15.3 Å². The summed E-state index contributed by atoms with van der Waals surface area (Å²) in [5.41, 5.74) is 0.753. The maximum atomic E-state index is 12.2. The number of ketones is 1. The van der Waals surface area contributed by atoms with E-state index in [4.69, 9.17) is 0 Å². The van der Waals surface area contributed by atoms with Crippen molar-refractivity contribution < 1.29 is 4.79 Å². The third-order valence-electron chi connectivity index (χ3n) is 2.63. The molecule has 2 rings (SSSR count). The molecule has 16 heavy (non-hydrogen) atoms. The summed E-state index contributed by atoms with van der Waals surface area (Å²) in [7, 11) is 0. The van der Waals surface area contributed by atoms with Crippen LogP contribution in [-0.2, 0) is 0 Å². The largest absolute Gasteiger partial charge is 0.327 e. The zero-order valence-electron chi connectivity index (χ0n) is 9.21. The average molecular weight is 214 g/mol. The first-order valence-corrected chi connectivity index (χ1v) is 5.39. The molecule has 3 heteroatoms. The predicted molar refractivity (Wildman–Crippen MR) is 62.3 cm³/mol. The van der Waals surface area contributed by atoms with Gasteiger partial charge in [-0.2, -0.15) is 0 Å². The van der Waals surface area contributed by atoms with E-state index in [1.165, 1.54) is 0 Å². The van der Waals surface area contributed by atoms with E-state index in [0.717, 1.165) is 12.0 Å². The fourth-order valence-electron chi connectivity index (χ4n) is 1.78. The number of carbonyl (C=O) groups excluding carboxylic acids is 1. The molecule has 0 saturated heterocycles. The highest BCUT2D eigenvalue weighted by molar-refractivity contribution is 5.98. The number of hydrogen-bond acceptors (Lipinski definition) is 2. The second-order valence-electron chi connectivity index (χ2n) is 3.66. The Balaban J connectivity index is 2.27. The van der Waals surface area contributed by atoms with Crippen LogP contribution in [0.2, 0.25) is 0 Å². The van der Waals surface area contributed by atoms with Gasteiger partial charge in [0.15, 0.2) is 5.78 Å². The summed E-state index contributed by atoms with van der Waals surface area (Å²) in [6, 6.07) is 9.23. The average Bonchev–Trinajstić information content (AvgIpc) is 2.85. The molecule has 0 N–H and O–H groups in total. The summed E-state index contributed by atoms with van der Waals surface area (Å²) in [5, 5.41) is 0. The minimum Gasteiger partial charge on any atom is -0.327 e. The SMILES string of the molecule is CCC(C(=O)c1ccccc1)n1ccnc1. The summed E-state index contributed by atoms with van der Waals surface area (Å²) in [4.78, 5) is 16.2. The van der Waals surface area contributed by atoms with E-state index in [-0.39, 0.29) is 11.8 Å². The normalized spacial score (nSPS) is 12.3. The Bertz CT molecular complexity index is 448. The van der Waals surface area contributed by atoms with Crippen molar-refractivity contribution in [2.24, 2.45) is 0 Å². The monoisotopic (exact) mass is 214 g/mol. The van der Waals surface area contributed by atoms with Gasteiger partial charge in [0.1, 0.15) is 0 Å². The van der Waals surface area contributed by atoms with Gasteiger partial charge in [0.25, 0.3) is 0 Å². The number of nitrogens with zero attached hydrogens (tertiary/aromatic N) is 2. The van der Waals surface area contributed by atoms with E-state index in [9.17, 15) is 4.79 Å². The number of aromatic nitrogens is 2. The van der Waals surface area contributed by atoms with Crippen molar-refractivity contribution in [2.75, 3.05) is 0 Å². The summed E-state index contributed by atoms with van der Waals surface area (Å²) < 4.78 is 1.86. The molecule has 0 aliphatic heterocycles. The third kappa shape index (κ3) is 2.03. The van der Waals surface area contributed by atoms with Gasteiger partial charge in [-0.15, -0.1) is 0 Å². The van der Waals surface area contributed by atoms with Gasteiger partial charge in [-0.05, 0) is 6.42 Å². The minimum atomic E-state index is -0.148. The lowest BCUT2D eigenvalue weighted by atomic mass is 10.0. The van der Waals surface area contributed by atoms with E-state index in [0.29, 0.717) is 0 Å². The molecular formula is C13H14N2O. The second kappa shape index (κ2) is 4.75. The molecule has 82 valence electrons.